The summed E-state index contributed by atoms with van der Waals surface area (Å²) in [5.41, 5.74) is 7.72. The quantitative estimate of drug-likeness (QED) is 0.210. The second kappa shape index (κ2) is 11.5. The lowest BCUT2D eigenvalue weighted by Crippen LogP contribution is -2.70. The van der Waals surface area contributed by atoms with Gasteiger partial charge in [0.25, 0.3) is 11.8 Å². The van der Waals surface area contributed by atoms with Crippen molar-refractivity contribution in [3.63, 3.8) is 0 Å². The number of carbonyl (C=O) groups excluding carboxylic acids is 3. The number of esters is 1. The fraction of sp³-hybridized carbons (Fsp3) is 0.292. The molecular formula is C24H25N5O6S2. The molecule has 2 aliphatic heterocycles. The number of oxime groups is 1. The molecule has 3 N–H and O–H groups in total. The van der Waals surface area contributed by atoms with Gasteiger partial charge < -0.3 is 25.4 Å². The van der Waals surface area contributed by atoms with Crippen LogP contribution in [0.25, 0.3) is 6.08 Å². The number of nitrogens with two attached hydrogens (primary N) is 1. The molecule has 1 aromatic heterocycles. The number of β-lactam (4-membered cyclic amide) rings is 1. The van der Waals surface area contributed by atoms with Crippen LogP contribution in [0.4, 0.5) is 5.13 Å². The third-order valence-electron chi connectivity index (χ3n) is 5.46. The second-order valence-corrected chi connectivity index (χ2v) is 10.0. The zero-order chi connectivity index (χ0) is 26.5. The molecule has 0 spiro atoms. The van der Waals surface area contributed by atoms with Gasteiger partial charge in [-0.05, 0) is 36.3 Å². The highest BCUT2D eigenvalue weighted by molar-refractivity contribution is 8.00. The third-order valence-corrected chi connectivity index (χ3v) is 7.32. The Kier molecular flexibility index (Phi) is 8.14. The Morgan fingerprint density at radius 2 is 2.05 bits per heavy atom. The fourth-order valence-corrected chi connectivity index (χ4v) is 5.45. The molecule has 0 bridgehead atoms. The van der Waals surface area contributed by atoms with Gasteiger partial charge in [-0.2, -0.15) is 0 Å². The van der Waals surface area contributed by atoms with E-state index in [0.29, 0.717) is 5.75 Å². The van der Waals surface area contributed by atoms with Crippen LogP contribution in [0.1, 0.15) is 18.2 Å². The van der Waals surface area contributed by atoms with Crippen LogP contribution in [-0.4, -0.2) is 71.4 Å². The molecule has 2 atom stereocenters. The predicted octanol–water partition coefficient (Wildman–Crippen LogP) is 2.01. The van der Waals surface area contributed by atoms with E-state index in [9.17, 15) is 14.4 Å². The van der Waals surface area contributed by atoms with E-state index in [1.54, 1.807) is 18.6 Å². The number of aromatic nitrogens is 1. The third kappa shape index (κ3) is 5.78. The summed E-state index contributed by atoms with van der Waals surface area (Å²) < 4.78 is 10.6. The van der Waals surface area contributed by atoms with E-state index in [-0.39, 0.29) is 28.8 Å². The normalized spacial score (nSPS) is 19.4. The van der Waals surface area contributed by atoms with Crippen LogP contribution in [0.5, 0.6) is 5.75 Å². The first-order valence-corrected chi connectivity index (χ1v) is 13.0. The number of methoxy groups -OCH3 is 1. The van der Waals surface area contributed by atoms with Crippen LogP contribution in [0.3, 0.4) is 0 Å². The van der Waals surface area contributed by atoms with Gasteiger partial charge in [-0.1, -0.05) is 23.4 Å². The van der Waals surface area contributed by atoms with Crippen LogP contribution in [-0.2, 0) is 24.0 Å². The summed E-state index contributed by atoms with van der Waals surface area (Å²) in [6, 6.07) is 6.64. The number of hydrogen-bond acceptors (Lipinski definition) is 11. The fourth-order valence-electron chi connectivity index (χ4n) is 3.71. The molecule has 3 heterocycles. The van der Waals surface area contributed by atoms with Gasteiger partial charge in [0.1, 0.15) is 42.3 Å². The van der Waals surface area contributed by atoms with Crippen molar-refractivity contribution in [3.05, 3.63) is 58.2 Å². The number of ether oxygens (including phenoxy) is 2. The Morgan fingerprint density at radius 1 is 1.30 bits per heavy atom. The number of fused-ring (bicyclic) bond motifs is 1. The molecule has 2 aliphatic rings. The molecule has 37 heavy (non-hydrogen) atoms. The number of nitrogen functional groups attached to an aromatic ring is 1. The van der Waals surface area contributed by atoms with Gasteiger partial charge >= 0.3 is 5.97 Å². The Morgan fingerprint density at radius 3 is 2.70 bits per heavy atom. The summed E-state index contributed by atoms with van der Waals surface area (Å²) in [7, 11) is 2.90. The number of rotatable bonds is 9. The Labute approximate surface area is 221 Å². The van der Waals surface area contributed by atoms with Crippen molar-refractivity contribution in [2.75, 3.05) is 32.3 Å². The zero-order valence-electron chi connectivity index (χ0n) is 20.3. The number of thioether (sulfide) groups is 1. The Balaban J connectivity index is 1.36. The lowest BCUT2D eigenvalue weighted by Gasteiger charge is -2.48. The smallest absolute Gasteiger partial charge is 0.355 e. The van der Waals surface area contributed by atoms with Crippen molar-refractivity contribution in [2.45, 2.75) is 18.3 Å². The van der Waals surface area contributed by atoms with E-state index in [4.69, 9.17) is 20.0 Å². The van der Waals surface area contributed by atoms with Gasteiger partial charge in [0, 0.05) is 11.1 Å². The van der Waals surface area contributed by atoms with Crippen LogP contribution in [0.15, 0.2) is 52.1 Å². The molecule has 13 heteroatoms. The van der Waals surface area contributed by atoms with E-state index in [2.05, 4.69) is 15.5 Å². The maximum atomic E-state index is 12.9. The zero-order valence-corrected chi connectivity index (χ0v) is 21.9. The molecule has 1 fully saturated rings. The summed E-state index contributed by atoms with van der Waals surface area (Å²) in [5, 5.41) is 7.78. The average molecular weight is 544 g/mol. The number of benzene rings is 1. The highest BCUT2D eigenvalue weighted by Gasteiger charge is 2.53. The molecule has 0 radical (unpaired) electrons. The van der Waals surface area contributed by atoms with E-state index < -0.39 is 29.2 Å². The van der Waals surface area contributed by atoms with Crippen molar-refractivity contribution >= 4 is 57.8 Å². The SMILES string of the molecule is CON=C(C(=O)NC1C(=O)N2C(C(=O)OCC(C)=Cc3ccc(OC)cc3)=CCS[C@@H]12)c1csc(N)n1. The molecule has 1 unspecified atom stereocenters. The monoisotopic (exact) mass is 543 g/mol. The van der Waals surface area contributed by atoms with Gasteiger partial charge in [-0.3, -0.25) is 14.5 Å². The minimum Gasteiger partial charge on any atom is -0.497 e. The number of thiazole rings is 1. The van der Waals surface area contributed by atoms with Crippen molar-refractivity contribution < 1.29 is 28.7 Å². The van der Waals surface area contributed by atoms with Gasteiger partial charge in [-0.25, -0.2) is 9.78 Å². The maximum Gasteiger partial charge on any atom is 0.355 e. The molecule has 0 saturated carbocycles. The number of carbonyl (C=O) groups is 3. The molecule has 194 valence electrons. The summed E-state index contributed by atoms with van der Waals surface area (Å²) in [5.74, 6) is -0.433. The van der Waals surface area contributed by atoms with Crippen molar-refractivity contribution in [1.82, 2.24) is 15.2 Å². The Bertz CT molecular complexity index is 1290. The van der Waals surface area contributed by atoms with E-state index in [1.807, 2.05) is 37.3 Å². The highest BCUT2D eigenvalue weighted by Crippen LogP contribution is 2.38. The van der Waals surface area contributed by atoms with Crippen molar-refractivity contribution in [1.29, 1.82) is 0 Å². The lowest BCUT2D eigenvalue weighted by molar-refractivity contribution is -0.152. The van der Waals surface area contributed by atoms with E-state index in [1.165, 1.54) is 23.8 Å². The van der Waals surface area contributed by atoms with Gasteiger partial charge in [0.15, 0.2) is 10.8 Å². The average Bonchev–Trinajstić information content (AvgIpc) is 3.34. The highest BCUT2D eigenvalue weighted by atomic mass is 32.2. The summed E-state index contributed by atoms with van der Waals surface area (Å²) in [6.45, 7) is 1.91. The second-order valence-electron chi connectivity index (χ2n) is 8.01. The van der Waals surface area contributed by atoms with Gasteiger partial charge in [0.05, 0.1) is 7.11 Å². The van der Waals surface area contributed by atoms with Crippen LogP contribution in [0, 0.1) is 0 Å². The molecule has 11 nitrogen and oxygen atoms in total. The standard InChI is InChI=1S/C24H25N5O6S2/c1-13(10-14-4-6-15(33-2)7-5-14)11-35-23(32)17-8-9-36-22-19(21(31)29(17)22)27-20(30)18(28-34-3)16-12-37-24(25)26-16/h4-8,10,12,19,22H,9,11H2,1-3H3,(H2,25,26)(H,27,30)/t19?,22-/m0/s1. The minimum atomic E-state index is -0.844. The first-order valence-electron chi connectivity index (χ1n) is 11.1. The number of nitrogens with one attached hydrogen (secondary N) is 1. The van der Waals surface area contributed by atoms with Crippen LogP contribution in [0.2, 0.25) is 0 Å². The summed E-state index contributed by atoms with van der Waals surface area (Å²) in [6.07, 6.45) is 3.55. The molecule has 2 aromatic rings. The van der Waals surface area contributed by atoms with E-state index in [0.717, 1.165) is 28.2 Å². The first kappa shape index (κ1) is 26.2. The number of amides is 2. The molecule has 1 aromatic carbocycles. The molecule has 2 amide bonds. The Hall–Kier alpha value is -3.84. The van der Waals surface area contributed by atoms with Crippen molar-refractivity contribution in [3.8, 4) is 5.75 Å². The van der Waals surface area contributed by atoms with Gasteiger partial charge in [-0.15, -0.1) is 23.1 Å². The maximum absolute atomic E-state index is 12.9. The molecular weight excluding hydrogens is 518 g/mol. The largest absolute Gasteiger partial charge is 0.497 e. The van der Waals surface area contributed by atoms with Crippen LogP contribution < -0.4 is 15.8 Å². The number of anilines is 1. The summed E-state index contributed by atoms with van der Waals surface area (Å²) in [4.78, 5) is 48.7. The number of hydrogen-bond donors (Lipinski definition) is 2. The topological polar surface area (TPSA) is 145 Å². The molecule has 4 rings (SSSR count). The minimum absolute atomic E-state index is 0.0653. The summed E-state index contributed by atoms with van der Waals surface area (Å²) >= 11 is 2.57. The first-order chi connectivity index (χ1) is 17.8. The molecule has 0 aliphatic carbocycles. The van der Waals surface area contributed by atoms with E-state index >= 15 is 0 Å². The van der Waals surface area contributed by atoms with Crippen molar-refractivity contribution in [2.24, 2.45) is 5.16 Å². The lowest BCUT2D eigenvalue weighted by atomic mass is 10.0. The van der Waals surface area contributed by atoms with Gasteiger partial charge in [0.2, 0.25) is 0 Å². The number of nitrogens with zero attached hydrogens (tertiary/aromatic N) is 3. The van der Waals surface area contributed by atoms with Crippen LogP contribution >= 0.6 is 23.1 Å². The molecule has 1 saturated heterocycles. The predicted molar refractivity (Wildman–Crippen MR) is 141 cm³/mol.